The van der Waals surface area contributed by atoms with Crippen LogP contribution < -0.4 is 5.73 Å². The maximum absolute atomic E-state index is 11.7. The Hall–Kier alpha value is -1.88. The third-order valence-corrected chi connectivity index (χ3v) is 3.97. The quantitative estimate of drug-likeness (QED) is 0.517. The van der Waals surface area contributed by atoms with Crippen molar-refractivity contribution in [2.24, 2.45) is 0 Å². The first-order valence-electron chi connectivity index (χ1n) is 6.34. The summed E-state index contributed by atoms with van der Waals surface area (Å²) in [6.07, 6.45) is 1.51. The molecule has 5 heteroatoms. The van der Waals surface area contributed by atoms with Gasteiger partial charge in [-0.25, -0.2) is 4.79 Å². The first-order valence-corrected chi connectivity index (χ1v) is 7.32. The average Bonchev–Trinajstić information content (AvgIpc) is 2.88. The maximum Gasteiger partial charge on any atom is 0.341 e. The van der Waals surface area contributed by atoms with Crippen molar-refractivity contribution in [3.05, 3.63) is 47.4 Å². The second-order valence-electron chi connectivity index (χ2n) is 4.29. The van der Waals surface area contributed by atoms with E-state index in [0.717, 1.165) is 16.1 Å². The number of carbonyl (C=O) groups is 1. The molecule has 0 spiro atoms. The van der Waals surface area contributed by atoms with Crippen LogP contribution in [0.2, 0.25) is 0 Å². The third kappa shape index (κ3) is 3.36. The molecule has 0 aliphatic carbocycles. The molecule has 0 saturated heterocycles. The van der Waals surface area contributed by atoms with Crippen LogP contribution in [-0.4, -0.2) is 12.6 Å². The Kier molecular flexibility index (Phi) is 4.74. The van der Waals surface area contributed by atoms with E-state index < -0.39 is 0 Å². The first-order chi connectivity index (χ1) is 9.61. The highest BCUT2D eigenvalue weighted by Crippen LogP contribution is 2.29. The van der Waals surface area contributed by atoms with Gasteiger partial charge in [0, 0.05) is 10.6 Å². The van der Waals surface area contributed by atoms with Gasteiger partial charge in [0.2, 0.25) is 0 Å². The first kappa shape index (κ1) is 14.5. The van der Waals surface area contributed by atoms with E-state index in [1.807, 2.05) is 25.1 Å². The van der Waals surface area contributed by atoms with Crippen molar-refractivity contribution in [2.45, 2.75) is 24.5 Å². The number of furan rings is 1. The zero-order chi connectivity index (χ0) is 14.5. The number of hydrogen-bond donors (Lipinski definition) is 1. The Morgan fingerprint density at radius 3 is 2.95 bits per heavy atom. The average molecular weight is 291 g/mol. The number of hydrogen-bond acceptors (Lipinski definition) is 5. The molecule has 0 unspecified atom stereocenters. The van der Waals surface area contributed by atoms with Gasteiger partial charge in [-0.2, -0.15) is 0 Å². The molecule has 0 saturated carbocycles. The Balaban J connectivity index is 2.10. The van der Waals surface area contributed by atoms with Crippen molar-refractivity contribution >= 4 is 23.4 Å². The summed E-state index contributed by atoms with van der Waals surface area (Å²) in [5, 5.41) is 0. The SMILES string of the molecule is CCOC(=O)c1ccoc1CSc1cc(N)ccc1C. The molecule has 106 valence electrons. The Morgan fingerprint density at radius 1 is 1.40 bits per heavy atom. The van der Waals surface area contributed by atoms with E-state index in [4.69, 9.17) is 14.9 Å². The zero-order valence-electron chi connectivity index (χ0n) is 11.5. The fourth-order valence-corrected chi connectivity index (χ4v) is 2.78. The summed E-state index contributed by atoms with van der Waals surface area (Å²) < 4.78 is 10.4. The fourth-order valence-electron chi connectivity index (χ4n) is 1.76. The van der Waals surface area contributed by atoms with Crippen LogP contribution in [0, 0.1) is 6.92 Å². The molecule has 0 aliphatic rings. The minimum absolute atomic E-state index is 0.346. The number of thioether (sulfide) groups is 1. The molecular weight excluding hydrogens is 274 g/mol. The van der Waals surface area contributed by atoms with Crippen LogP contribution in [-0.2, 0) is 10.5 Å². The van der Waals surface area contributed by atoms with Gasteiger partial charge >= 0.3 is 5.97 Å². The minimum atomic E-state index is -0.346. The molecule has 1 aromatic heterocycles. The normalized spacial score (nSPS) is 10.5. The molecular formula is C15H17NO3S. The molecule has 0 amide bonds. The Bertz CT molecular complexity index is 607. The van der Waals surface area contributed by atoms with Gasteiger partial charge in [0.15, 0.2) is 0 Å². The van der Waals surface area contributed by atoms with Crippen LogP contribution >= 0.6 is 11.8 Å². The van der Waals surface area contributed by atoms with Gasteiger partial charge in [-0.1, -0.05) is 6.07 Å². The van der Waals surface area contributed by atoms with Crippen molar-refractivity contribution in [3.63, 3.8) is 0 Å². The number of anilines is 1. The van der Waals surface area contributed by atoms with Gasteiger partial charge in [0.25, 0.3) is 0 Å². The second kappa shape index (κ2) is 6.52. The molecule has 0 aliphatic heterocycles. The molecule has 2 rings (SSSR count). The number of ether oxygens (including phenoxy) is 1. The smallest absolute Gasteiger partial charge is 0.341 e. The van der Waals surface area contributed by atoms with E-state index in [-0.39, 0.29) is 5.97 Å². The molecule has 2 aromatic rings. The lowest BCUT2D eigenvalue weighted by Gasteiger charge is -2.06. The number of rotatable bonds is 5. The molecule has 1 aromatic carbocycles. The van der Waals surface area contributed by atoms with Crippen LogP contribution in [0.1, 0.15) is 28.6 Å². The van der Waals surface area contributed by atoms with Crippen LogP contribution in [0.3, 0.4) is 0 Å². The lowest BCUT2D eigenvalue weighted by molar-refractivity contribution is 0.0524. The van der Waals surface area contributed by atoms with Crippen molar-refractivity contribution < 1.29 is 13.9 Å². The number of nitrogen functional groups attached to an aromatic ring is 1. The van der Waals surface area contributed by atoms with Gasteiger partial charge in [-0.15, -0.1) is 11.8 Å². The summed E-state index contributed by atoms with van der Waals surface area (Å²) in [4.78, 5) is 12.8. The number of carbonyl (C=O) groups excluding carboxylic acids is 1. The van der Waals surface area contributed by atoms with E-state index in [0.29, 0.717) is 23.7 Å². The monoisotopic (exact) mass is 291 g/mol. The highest BCUT2D eigenvalue weighted by atomic mass is 32.2. The molecule has 0 atom stereocenters. The summed E-state index contributed by atoms with van der Waals surface area (Å²) in [6.45, 7) is 4.16. The van der Waals surface area contributed by atoms with Gasteiger partial charge < -0.3 is 14.9 Å². The molecule has 2 N–H and O–H groups in total. The summed E-state index contributed by atoms with van der Waals surface area (Å²) in [5.74, 6) is 0.835. The zero-order valence-corrected chi connectivity index (χ0v) is 12.3. The van der Waals surface area contributed by atoms with E-state index >= 15 is 0 Å². The molecule has 20 heavy (non-hydrogen) atoms. The van der Waals surface area contributed by atoms with Crippen LogP contribution in [0.5, 0.6) is 0 Å². The predicted octanol–water partition coefficient (Wildman–Crippen LogP) is 3.64. The van der Waals surface area contributed by atoms with Gasteiger partial charge in [-0.3, -0.25) is 0 Å². The van der Waals surface area contributed by atoms with E-state index in [1.165, 1.54) is 6.26 Å². The van der Waals surface area contributed by atoms with Crippen molar-refractivity contribution in [2.75, 3.05) is 12.3 Å². The molecule has 0 fully saturated rings. The van der Waals surface area contributed by atoms with E-state index in [2.05, 4.69) is 0 Å². The lowest BCUT2D eigenvalue weighted by Crippen LogP contribution is -2.05. The standard InChI is InChI=1S/C15H17NO3S/c1-3-18-15(17)12-6-7-19-13(12)9-20-14-8-11(16)5-4-10(14)2/h4-8H,3,9,16H2,1-2H3. The van der Waals surface area contributed by atoms with E-state index in [9.17, 15) is 4.79 Å². The highest BCUT2D eigenvalue weighted by molar-refractivity contribution is 7.98. The van der Waals surface area contributed by atoms with Crippen LogP contribution in [0.15, 0.2) is 39.8 Å². The molecule has 0 radical (unpaired) electrons. The largest absolute Gasteiger partial charge is 0.468 e. The molecule has 1 heterocycles. The van der Waals surface area contributed by atoms with Crippen molar-refractivity contribution in [1.82, 2.24) is 0 Å². The maximum atomic E-state index is 11.7. The third-order valence-electron chi connectivity index (χ3n) is 2.81. The topological polar surface area (TPSA) is 65.5 Å². The van der Waals surface area contributed by atoms with Gasteiger partial charge in [-0.05, 0) is 37.6 Å². The number of benzene rings is 1. The minimum Gasteiger partial charge on any atom is -0.468 e. The van der Waals surface area contributed by atoms with Crippen molar-refractivity contribution in [3.8, 4) is 0 Å². The van der Waals surface area contributed by atoms with Gasteiger partial charge in [0.1, 0.15) is 11.3 Å². The summed E-state index contributed by atoms with van der Waals surface area (Å²) in [7, 11) is 0. The van der Waals surface area contributed by atoms with E-state index in [1.54, 1.807) is 24.8 Å². The lowest BCUT2D eigenvalue weighted by atomic mass is 10.2. The summed E-state index contributed by atoms with van der Waals surface area (Å²) in [5.41, 5.74) is 8.14. The molecule has 4 nitrogen and oxygen atoms in total. The van der Waals surface area contributed by atoms with Crippen LogP contribution in [0.4, 0.5) is 5.69 Å². The summed E-state index contributed by atoms with van der Waals surface area (Å²) in [6, 6.07) is 7.41. The number of nitrogens with two attached hydrogens (primary N) is 1. The van der Waals surface area contributed by atoms with Crippen LogP contribution in [0.25, 0.3) is 0 Å². The summed E-state index contributed by atoms with van der Waals surface area (Å²) >= 11 is 1.59. The fraction of sp³-hybridized carbons (Fsp3) is 0.267. The second-order valence-corrected chi connectivity index (χ2v) is 5.31. The number of esters is 1. The Morgan fingerprint density at radius 2 is 2.20 bits per heavy atom. The Labute approximate surface area is 122 Å². The molecule has 0 bridgehead atoms. The highest BCUT2D eigenvalue weighted by Gasteiger charge is 2.16. The number of aryl methyl sites for hydroxylation is 1. The van der Waals surface area contributed by atoms with Crippen molar-refractivity contribution in [1.29, 1.82) is 0 Å². The van der Waals surface area contributed by atoms with Gasteiger partial charge in [0.05, 0.1) is 18.6 Å². The predicted molar refractivity (Wildman–Crippen MR) is 79.8 cm³/mol.